The molecule has 0 saturated heterocycles. The van der Waals surface area contributed by atoms with Crippen molar-refractivity contribution in [2.24, 2.45) is 5.11 Å². The fourth-order valence-corrected chi connectivity index (χ4v) is 2.65. The highest BCUT2D eigenvalue weighted by Crippen LogP contribution is 2.32. The van der Waals surface area contributed by atoms with Gasteiger partial charge >= 0.3 is 0 Å². The number of rotatable bonds is 7. The highest BCUT2D eigenvalue weighted by Gasteiger charge is 2.32. The van der Waals surface area contributed by atoms with Crippen LogP contribution in [0.1, 0.15) is 0 Å². The smallest absolute Gasteiger partial charge is 0.246 e. The third kappa shape index (κ3) is 4.01. The van der Waals surface area contributed by atoms with Crippen LogP contribution in [-0.2, 0) is 14.8 Å². The first kappa shape index (κ1) is 19.4. The normalized spacial score (nSPS) is 10.8. The monoisotopic (exact) mass is 367 g/mol. The van der Waals surface area contributed by atoms with E-state index in [-0.39, 0.29) is 6.54 Å². The molecule has 1 aromatic rings. The molecule has 8 nitrogen and oxygen atoms in total. The van der Waals surface area contributed by atoms with E-state index in [1.807, 2.05) is 4.91 Å². The van der Waals surface area contributed by atoms with Gasteiger partial charge in [0.15, 0.2) is 28.2 Å². The number of sulfonamides is 1. The number of azide groups is 1. The Bertz CT molecular complexity index is 808. The summed E-state index contributed by atoms with van der Waals surface area (Å²) >= 11 is 0. The molecule has 0 fully saturated rings. The van der Waals surface area contributed by atoms with Crippen molar-refractivity contribution < 1.29 is 30.8 Å². The molecule has 0 aromatic heterocycles. The lowest BCUT2D eigenvalue weighted by Gasteiger charge is -2.11. The number of benzene rings is 1. The van der Waals surface area contributed by atoms with E-state index < -0.39 is 56.3 Å². The Kier molecular flexibility index (Phi) is 6.28. The summed E-state index contributed by atoms with van der Waals surface area (Å²) in [4.78, 5) is 10.9. The predicted molar refractivity (Wildman–Crippen MR) is 73.5 cm³/mol. The van der Waals surface area contributed by atoms with Crippen LogP contribution >= 0.6 is 0 Å². The van der Waals surface area contributed by atoms with E-state index in [4.69, 9.17) is 5.53 Å². The first-order valence-electron chi connectivity index (χ1n) is 5.98. The van der Waals surface area contributed by atoms with E-state index in [2.05, 4.69) is 17.0 Å². The molecule has 0 bridgehead atoms. The number of carbonyl (C=O) groups excluding carboxylic acids is 1. The van der Waals surface area contributed by atoms with E-state index in [1.54, 1.807) is 4.72 Å². The average Bonchev–Trinajstić information content (AvgIpc) is 2.53. The molecule has 0 atom stereocenters. The molecule has 0 saturated carbocycles. The van der Waals surface area contributed by atoms with Crippen LogP contribution in [0, 0.1) is 23.3 Å². The number of amides is 1. The predicted octanol–water partition coefficient (Wildman–Crippen LogP) is 1.77. The number of nitrogens with zero attached hydrogens (tertiary/aromatic N) is 3. The summed E-state index contributed by atoms with van der Waals surface area (Å²) < 4.78 is 79.9. The molecule has 13 heteroatoms. The number of carbonyl (C=O) groups is 1. The minimum atomic E-state index is -4.99. The van der Waals surface area contributed by atoms with Crippen LogP contribution in [0.25, 0.3) is 10.4 Å². The molecule has 1 rings (SSSR count). The third-order valence-electron chi connectivity index (χ3n) is 2.52. The lowest BCUT2D eigenvalue weighted by molar-refractivity contribution is -0.116. The Morgan fingerprint density at radius 1 is 1.17 bits per heavy atom. The van der Waals surface area contributed by atoms with E-state index in [9.17, 15) is 30.8 Å². The number of hydrogen-bond donors (Lipinski definition) is 2. The van der Waals surface area contributed by atoms with Crippen molar-refractivity contribution in [1.29, 1.82) is 0 Å². The van der Waals surface area contributed by atoms with Gasteiger partial charge in [-0.1, -0.05) is 11.7 Å². The van der Waals surface area contributed by atoms with Crippen molar-refractivity contribution in [3.8, 4) is 0 Å². The minimum absolute atomic E-state index is 0.283. The Morgan fingerprint density at radius 2 is 1.71 bits per heavy atom. The second-order valence-corrected chi connectivity index (χ2v) is 5.72. The maximum atomic E-state index is 13.7. The first-order valence-corrected chi connectivity index (χ1v) is 7.46. The molecule has 0 aliphatic rings. The van der Waals surface area contributed by atoms with Crippen molar-refractivity contribution in [2.45, 2.75) is 4.90 Å². The van der Waals surface area contributed by atoms with Gasteiger partial charge in [0.2, 0.25) is 15.9 Å². The van der Waals surface area contributed by atoms with Crippen LogP contribution in [0.4, 0.5) is 23.2 Å². The Balaban J connectivity index is 3.19. The van der Waals surface area contributed by atoms with Gasteiger partial charge in [0, 0.05) is 18.0 Å². The zero-order valence-electron chi connectivity index (χ0n) is 11.7. The number of nitrogens with one attached hydrogen (secondary N) is 2. The molecule has 0 radical (unpaired) electrons. The Labute approximate surface area is 132 Å². The molecule has 0 unspecified atom stereocenters. The summed E-state index contributed by atoms with van der Waals surface area (Å²) in [6.07, 6.45) is 0.896. The van der Waals surface area contributed by atoms with Gasteiger partial charge in [-0.3, -0.25) is 4.79 Å². The highest BCUT2D eigenvalue weighted by molar-refractivity contribution is 7.89. The molecule has 0 aliphatic heterocycles. The summed E-state index contributed by atoms with van der Waals surface area (Å²) in [5, 5.41) is 4.59. The van der Waals surface area contributed by atoms with E-state index >= 15 is 0 Å². The van der Waals surface area contributed by atoms with Gasteiger partial charge in [-0.15, -0.1) is 0 Å². The Hall–Kier alpha value is -2.63. The van der Waals surface area contributed by atoms with Gasteiger partial charge in [0.25, 0.3) is 0 Å². The molecule has 1 amide bonds. The fourth-order valence-electron chi connectivity index (χ4n) is 1.48. The lowest BCUT2D eigenvalue weighted by Crippen LogP contribution is -2.35. The summed E-state index contributed by atoms with van der Waals surface area (Å²) in [6.45, 7) is 2.33. The molecular formula is C11H9F4N5O3S. The summed E-state index contributed by atoms with van der Waals surface area (Å²) in [7, 11) is -4.99. The highest BCUT2D eigenvalue weighted by atomic mass is 32.2. The molecule has 1 aromatic carbocycles. The van der Waals surface area contributed by atoms with Crippen LogP contribution in [0.15, 0.2) is 22.7 Å². The van der Waals surface area contributed by atoms with Gasteiger partial charge in [-0.25, -0.2) is 30.7 Å². The zero-order valence-corrected chi connectivity index (χ0v) is 12.5. The van der Waals surface area contributed by atoms with E-state index in [0.717, 1.165) is 6.08 Å². The van der Waals surface area contributed by atoms with Gasteiger partial charge < -0.3 is 5.32 Å². The average molecular weight is 367 g/mol. The molecule has 130 valence electrons. The van der Waals surface area contributed by atoms with Crippen molar-refractivity contribution in [1.82, 2.24) is 10.0 Å². The lowest BCUT2D eigenvalue weighted by atomic mass is 10.2. The number of hydrogen-bond acceptors (Lipinski definition) is 4. The summed E-state index contributed by atoms with van der Waals surface area (Å²) in [6, 6.07) is 0. The molecule has 2 N–H and O–H groups in total. The van der Waals surface area contributed by atoms with Crippen molar-refractivity contribution in [3.63, 3.8) is 0 Å². The van der Waals surface area contributed by atoms with Crippen LogP contribution in [0.3, 0.4) is 0 Å². The van der Waals surface area contributed by atoms with E-state index in [0.29, 0.717) is 0 Å². The van der Waals surface area contributed by atoms with Crippen molar-refractivity contribution >= 4 is 21.6 Å². The second-order valence-electron chi connectivity index (χ2n) is 4.02. The maximum Gasteiger partial charge on any atom is 0.246 e. The molecule has 24 heavy (non-hydrogen) atoms. The summed E-state index contributed by atoms with van der Waals surface area (Å²) in [5.74, 6) is -9.46. The molecule has 0 aliphatic carbocycles. The second kappa shape index (κ2) is 7.77. The SMILES string of the molecule is C=CC(=O)NCCNS(=O)(=O)c1c(F)c(F)c(N=[N+]=[N-])c(F)c1F. The summed E-state index contributed by atoms with van der Waals surface area (Å²) in [5.41, 5.74) is 6.46. The van der Waals surface area contributed by atoms with Crippen LogP contribution < -0.4 is 10.0 Å². The quantitative estimate of drug-likeness (QED) is 0.145. The van der Waals surface area contributed by atoms with Crippen LogP contribution in [0.2, 0.25) is 0 Å². The van der Waals surface area contributed by atoms with Crippen molar-refractivity contribution in [2.75, 3.05) is 13.1 Å². The van der Waals surface area contributed by atoms with Crippen LogP contribution in [0.5, 0.6) is 0 Å². The zero-order chi connectivity index (χ0) is 18.5. The maximum absolute atomic E-state index is 13.7. The largest absolute Gasteiger partial charge is 0.351 e. The van der Waals surface area contributed by atoms with Crippen LogP contribution in [-0.4, -0.2) is 27.4 Å². The molecule has 0 spiro atoms. The molecule has 0 heterocycles. The van der Waals surface area contributed by atoms with Gasteiger partial charge in [0.05, 0.1) is 0 Å². The van der Waals surface area contributed by atoms with Gasteiger partial charge in [-0.2, -0.15) is 0 Å². The fraction of sp³-hybridized carbons (Fsp3) is 0.182. The van der Waals surface area contributed by atoms with Gasteiger partial charge in [0.1, 0.15) is 5.69 Å². The van der Waals surface area contributed by atoms with Crippen molar-refractivity contribution in [3.05, 3.63) is 46.4 Å². The van der Waals surface area contributed by atoms with Gasteiger partial charge in [-0.05, 0) is 11.6 Å². The topological polar surface area (TPSA) is 124 Å². The third-order valence-corrected chi connectivity index (χ3v) is 4.00. The Morgan fingerprint density at radius 3 is 2.17 bits per heavy atom. The minimum Gasteiger partial charge on any atom is -0.351 e. The standard InChI is InChI=1S/C11H9F4N5O3S/c1-2-5(21)17-3-4-18-24(22,23)11-8(14)6(12)10(19-20-16)7(13)9(11)15/h2,18H,1,3-4H2,(H,17,21). The number of halogens is 4. The first-order chi connectivity index (χ1) is 11.2. The van der Waals surface area contributed by atoms with E-state index in [1.165, 1.54) is 0 Å². The molecular weight excluding hydrogens is 358 g/mol.